The summed E-state index contributed by atoms with van der Waals surface area (Å²) in [5.41, 5.74) is 7.82. The molecular weight excluding hydrogens is 202 g/mol. The highest BCUT2D eigenvalue weighted by atomic mass is 16.5. The second-order valence-corrected chi connectivity index (χ2v) is 3.79. The summed E-state index contributed by atoms with van der Waals surface area (Å²) < 4.78 is 10.9. The summed E-state index contributed by atoms with van der Waals surface area (Å²) in [4.78, 5) is 0. The largest absolute Gasteiger partial charge is 0.399 e. The maximum absolute atomic E-state index is 5.84. The van der Waals surface area contributed by atoms with E-state index in [-0.39, 0.29) is 6.10 Å². The molecule has 0 spiro atoms. The van der Waals surface area contributed by atoms with Gasteiger partial charge < -0.3 is 15.2 Å². The Kier molecular flexibility index (Phi) is 5.90. The van der Waals surface area contributed by atoms with Gasteiger partial charge in [-0.1, -0.05) is 18.2 Å². The predicted octanol–water partition coefficient (Wildman–Crippen LogP) is 2.25. The molecule has 0 heterocycles. The minimum atomic E-state index is 0.143. The van der Waals surface area contributed by atoms with Crippen LogP contribution in [0.3, 0.4) is 0 Å². The third-order valence-corrected chi connectivity index (χ3v) is 2.39. The first-order valence-corrected chi connectivity index (χ1v) is 5.76. The lowest BCUT2D eigenvalue weighted by atomic mass is 10.1. The molecule has 0 amide bonds. The highest BCUT2D eigenvalue weighted by Gasteiger charge is 2.03. The average Bonchev–Trinajstić information content (AvgIpc) is 2.29. The van der Waals surface area contributed by atoms with Crippen LogP contribution in [0.4, 0.5) is 5.69 Å². The van der Waals surface area contributed by atoms with Crippen LogP contribution in [0.25, 0.3) is 0 Å². The molecule has 90 valence electrons. The fraction of sp³-hybridized carbons (Fsp3) is 0.538. The highest BCUT2D eigenvalue weighted by molar-refractivity contribution is 5.46. The van der Waals surface area contributed by atoms with Gasteiger partial charge in [0.1, 0.15) is 0 Å². The summed E-state index contributed by atoms with van der Waals surface area (Å²) in [7, 11) is 0. The van der Waals surface area contributed by atoms with Crippen molar-refractivity contribution < 1.29 is 9.47 Å². The van der Waals surface area contributed by atoms with Crippen molar-refractivity contribution in [3.05, 3.63) is 29.8 Å². The summed E-state index contributed by atoms with van der Waals surface area (Å²) in [6.07, 6.45) is 0.994. The van der Waals surface area contributed by atoms with Gasteiger partial charge in [-0.2, -0.15) is 0 Å². The summed E-state index contributed by atoms with van der Waals surface area (Å²) in [5.74, 6) is 0. The van der Waals surface area contributed by atoms with Gasteiger partial charge in [0, 0.05) is 12.3 Å². The van der Waals surface area contributed by atoms with Crippen molar-refractivity contribution in [2.45, 2.75) is 26.4 Å². The lowest BCUT2D eigenvalue weighted by Gasteiger charge is -2.13. The van der Waals surface area contributed by atoms with Crippen molar-refractivity contribution in [3.8, 4) is 0 Å². The van der Waals surface area contributed by atoms with Gasteiger partial charge in [0.05, 0.1) is 19.3 Å². The van der Waals surface area contributed by atoms with E-state index in [1.807, 2.05) is 38.1 Å². The topological polar surface area (TPSA) is 44.5 Å². The fourth-order valence-electron chi connectivity index (χ4n) is 1.46. The normalized spacial score (nSPS) is 12.6. The number of hydrogen-bond donors (Lipinski definition) is 1. The minimum Gasteiger partial charge on any atom is -0.399 e. The molecule has 0 aliphatic heterocycles. The van der Waals surface area contributed by atoms with Crippen molar-refractivity contribution in [2.75, 3.05) is 25.6 Å². The van der Waals surface area contributed by atoms with Gasteiger partial charge in [0.2, 0.25) is 0 Å². The minimum absolute atomic E-state index is 0.143. The van der Waals surface area contributed by atoms with E-state index >= 15 is 0 Å². The SMILES string of the molecule is CCOCC(C)OCCc1ccccc1N. The molecule has 2 N–H and O–H groups in total. The molecular formula is C13H21NO2. The Morgan fingerprint density at radius 3 is 2.75 bits per heavy atom. The average molecular weight is 223 g/mol. The molecule has 0 saturated carbocycles. The Balaban J connectivity index is 2.23. The Hall–Kier alpha value is -1.06. The maximum Gasteiger partial charge on any atom is 0.0780 e. The molecule has 1 aromatic rings. The second kappa shape index (κ2) is 7.25. The molecule has 0 radical (unpaired) electrons. The van der Waals surface area contributed by atoms with Crippen LogP contribution in [0.5, 0.6) is 0 Å². The van der Waals surface area contributed by atoms with Crippen LogP contribution < -0.4 is 5.73 Å². The molecule has 0 saturated heterocycles. The Labute approximate surface area is 97.6 Å². The molecule has 3 heteroatoms. The summed E-state index contributed by atoms with van der Waals surface area (Å²) in [6.45, 7) is 6.07. The molecule has 16 heavy (non-hydrogen) atoms. The number of hydrogen-bond acceptors (Lipinski definition) is 3. The van der Waals surface area contributed by atoms with Gasteiger partial charge in [0.15, 0.2) is 0 Å². The summed E-state index contributed by atoms with van der Waals surface area (Å²) in [5, 5.41) is 0. The van der Waals surface area contributed by atoms with E-state index in [2.05, 4.69) is 0 Å². The molecule has 1 aromatic carbocycles. The first kappa shape index (κ1) is 13.0. The number of nitrogen functional groups attached to an aromatic ring is 1. The van der Waals surface area contributed by atoms with Crippen LogP contribution in [-0.2, 0) is 15.9 Å². The van der Waals surface area contributed by atoms with E-state index in [4.69, 9.17) is 15.2 Å². The number of ether oxygens (including phenoxy) is 2. The second-order valence-electron chi connectivity index (χ2n) is 3.79. The highest BCUT2D eigenvalue weighted by Crippen LogP contribution is 2.11. The zero-order valence-corrected chi connectivity index (χ0v) is 10.1. The molecule has 0 fully saturated rings. The van der Waals surface area contributed by atoms with Crippen molar-refractivity contribution in [1.29, 1.82) is 0 Å². The van der Waals surface area contributed by atoms with E-state index in [9.17, 15) is 0 Å². The predicted molar refractivity (Wildman–Crippen MR) is 66.5 cm³/mol. The molecule has 1 unspecified atom stereocenters. The van der Waals surface area contributed by atoms with Crippen LogP contribution in [0.15, 0.2) is 24.3 Å². The van der Waals surface area contributed by atoms with Gasteiger partial charge in [-0.3, -0.25) is 0 Å². The number of nitrogens with two attached hydrogens (primary N) is 1. The monoisotopic (exact) mass is 223 g/mol. The van der Waals surface area contributed by atoms with Crippen LogP contribution >= 0.6 is 0 Å². The molecule has 0 bridgehead atoms. The van der Waals surface area contributed by atoms with Crippen molar-refractivity contribution in [3.63, 3.8) is 0 Å². The zero-order valence-electron chi connectivity index (χ0n) is 10.1. The van der Waals surface area contributed by atoms with Gasteiger partial charge in [0.25, 0.3) is 0 Å². The van der Waals surface area contributed by atoms with Crippen LogP contribution in [-0.4, -0.2) is 25.9 Å². The third kappa shape index (κ3) is 4.64. The van der Waals surface area contributed by atoms with E-state index < -0.39 is 0 Å². The summed E-state index contributed by atoms with van der Waals surface area (Å²) in [6, 6.07) is 7.89. The lowest BCUT2D eigenvalue weighted by Crippen LogP contribution is -2.17. The molecule has 1 rings (SSSR count). The molecule has 0 aliphatic carbocycles. The fourth-order valence-corrected chi connectivity index (χ4v) is 1.46. The standard InChI is InChI=1S/C13H21NO2/c1-3-15-10-11(2)16-9-8-12-6-4-5-7-13(12)14/h4-7,11H,3,8-10,14H2,1-2H3. The smallest absolute Gasteiger partial charge is 0.0780 e. The maximum atomic E-state index is 5.84. The van der Waals surface area contributed by atoms with Gasteiger partial charge in [-0.15, -0.1) is 0 Å². The quantitative estimate of drug-likeness (QED) is 0.721. The Bertz CT molecular complexity index is 302. The molecule has 0 aromatic heterocycles. The first-order chi connectivity index (χ1) is 7.74. The van der Waals surface area contributed by atoms with Crippen LogP contribution in [0.1, 0.15) is 19.4 Å². The van der Waals surface area contributed by atoms with Crippen molar-refractivity contribution in [1.82, 2.24) is 0 Å². The number of para-hydroxylation sites is 1. The number of anilines is 1. The first-order valence-electron chi connectivity index (χ1n) is 5.76. The van der Waals surface area contributed by atoms with Crippen LogP contribution in [0.2, 0.25) is 0 Å². The molecule has 1 atom stereocenters. The van der Waals surface area contributed by atoms with Gasteiger partial charge in [-0.05, 0) is 31.9 Å². The van der Waals surface area contributed by atoms with Crippen LogP contribution in [0, 0.1) is 0 Å². The van der Waals surface area contributed by atoms with E-state index in [0.29, 0.717) is 13.2 Å². The van der Waals surface area contributed by atoms with Crippen molar-refractivity contribution in [2.24, 2.45) is 0 Å². The number of rotatable bonds is 7. The zero-order chi connectivity index (χ0) is 11.8. The molecule has 0 aliphatic rings. The van der Waals surface area contributed by atoms with Crippen molar-refractivity contribution >= 4 is 5.69 Å². The lowest BCUT2D eigenvalue weighted by molar-refractivity contribution is -0.00199. The third-order valence-electron chi connectivity index (χ3n) is 2.39. The number of benzene rings is 1. The Morgan fingerprint density at radius 2 is 2.06 bits per heavy atom. The van der Waals surface area contributed by atoms with Gasteiger partial charge in [-0.25, -0.2) is 0 Å². The van der Waals surface area contributed by atoms with E-state index in [1.54, 1.807) is 0 Å². The van der Waals surface area contributed by atoms with Gasteiger partial charge >= 0.3 is 0 Å². The summed E-state index contributed by atoms with van der Waals surface area (Å²) >= 11 is 0. The molecule has 3 nitrogen and oxygen atoms in total. The van der Waals surface area contributed by atoms with E-state index in [1.165, 1.54) is 0 Å². The Morgan fingerprint density at radius 1 is 1.31 bits per heavy atom. The van der Waals surface area contributed by atoms with E-state index in [0.717, 1.165) is 24.3 Å².